The average Bonchev–Trinajstić information content (AvgIpc) is 2.53. The minimum absolute atomic E-state index is 0.0793. The zero-order valence-corrected chi connectivity index (χ0v) is 14.7. The molecule has 0 aliphatic rings. The summed E-state index contributed by atoms with van der Waals surface area (Å²) in [6.45, 7) is 0. The smallest absolute Gasteiger partial charge is 0.269 e. The molecule has 2 amide bonds. The summed E-state index contributed by atoms with van der Waals surface area (Å²) in [6, 6.07) is 11.4. The van der Waals surface area contributed by atoms with E-state index in [1.807, 2.05) is 0 Å². The van der Waals surface area contributed by atoms with E-state index >= 15 is 0 Å². The summed E-state index contributed by atoms with van der Waals surface area (Å²) in [7, 11) is 0. The number of carbonyl (C=O) groups excluding carboxylic acids is 2. The van der Waals surface area contributed by atoms with Crippen LogP contribution in [-0.2, 0) is 4.79 Å². The van der Waals surface area contributed by atoms with Crippen molar-refractivity contribution in [3.05, 3.63) is 63.1 Å². The van der Waals surface area contributed by atoms with Crippen LogP contribution < -0.4 is 10.9 Å². The summed E-state index contributed by atoms with van der Waals surface area (Å²) in [4.78, 5) is 24.3. The topological polar surface area (TPSA) is 58.2 Å². The van der Waals surface area contributed by atoms with Crippen molar-refractivity contribution in [3.63, 3.8) is 0 Å². The summed E-state index contributed by atoms with van der Waals surface area (Å²) in [5.74, 6) is -0.747. The van der Waals surface area contributed by atoms with Gasteiger partial charge in [0, 0.05) is 20.5 Å². The predicted octanol–water partition coefficient (Wildman–Crippen LogP) is 4.20. The van der Waals surface area contributed by atoms with Gasteiger partial charge in [-0.05, 0) is 36.4 Å². The molecule has 0 fully saturated rings. The van der Waals surface area contributed by atoms with E-state index in [1.54, 1.807) is 36.4 Å². The number of nitrogens with one attached hydrogen (secondary N) is 2. The van der Waals surface area contributed by atoms with Crippen LogP contribution in [0.4, 0.5) is 0 Å². The highest BCUT2D eigenvalue weighted by Gasteiger charge is 2.09. The summed E-state index contributed by atoms with van der Waals surface area (Å²) < 4.78 is 0. The Kier molecular flexibility index (Phi) is 6.59. The lowest BCUT2D eigenvalue weighted by molar-refractivity contribution is -0.119. The predicted molar refractivity (Wildman–Crippen MR) is 94.2 cm³/mol. The molecule has 0 unspecified atom stereocenters. The van der Waals surface area contributed by atoms with E-state index < -0.39 is 5.91 Å². The minimum Gasteiger partial charge on any atom is -0.272 e. The van der Waals surface area contributed by atoms with Crippen LogP contribution >= 0.6 is 46.6 Å². The SMILES string of the molecule is O=C(CSc1cc(Cl)ccc1Cl)NNC(=O)c1cccc(Cl)c1. The number of thioether (sulfide) groups is 1. The van der Waals surface area contributed by atoms with Gasteiger partial charge in [0.05, 0.1) is 10.8 Å². The molecule has 0 aliphatic carbocycles. The molecule has 8 heteroatoms. The van der Waals surface area contributed by atoms with E-state index in [0.29, 0.717) is 25.5 Å². The van der Waals surface area contributed by atoms with Gasteiger partial charge in [-0.1, -0.05) is 40.9 Å². The average molecular weight is 390 g/mol. The zero-order chi connectivity index (χ0) is 16.8. The monoisotopic (exact) mass is 388 g/mol. The quantitative estimate of drug-likeness (QED) is 0.608. The Morgan fingerprint density at radius 3 is 2.43 bits per heavy atom. The summed E-state index contributed by atoms with van der Waals surface area (Å²) >= 11 is 18.9. The number of halogens is 3. The maximum absolute atomic E-state index is 11.8. The maximum atomic E-state index is 11.8. The number of hydrogen-bond donors (Lipinski definition) is 2. The highest BCUT2D eigenvalue weighted by Crippen LogP contribution is 2.29. The first-order chi connectivity index (χ1) is 11.0. The van der Waals surface area contributed by atoms with Gasteiger partial charge in [-0.25, -0.2) is 0 Å². The van der Waals surface area contributed by atoms with Crippen LogP contribution in [-0.4, -0.2) is 17.6 Å². The van der Waals surface area contributed by atoms with Gasteiger partial charge in [0.1, 0.15) is 0 Å². The lowest BCUT2D eigenvalue weighted by atomic mass is 10.2. The van der Waals surface area contributed by atoms with E-state index in [2.05, 4.69) is 10.9 Å². The van der Waals surface area contributed by atoms with Gasteiger partial charge in [-0.15, -0.1) is 11.8 Å². The molecular weight excluding hydrogens is 379 g/mol. The van der Waals surface area contributed by atoms with E-state index in [1.165, 1.54) is 17.8 Å². The van der Waals surface area contributed by atoms with Crippen LogP contribution in [0.5, 0.6) is 0 Å². The van der Waals surface area contributed by atoms with Crippen LogP contribution in [0.3, 0.4) is 0 Å². The fourth-order valence-corrected chi connectivity index (χ4v) is 3.08. The van der Waals surface area contributed by atoms with Crippen molar-refractivity contribution in [1.82, 2.24) is 10.9 Å². The highest BCUT2D eigenvalue weighted by atomic mass is 35.5. The van der Waals surface area contributed by atoms with Crippen molar-refractivity contribution in [2.75, 3.05) is 5.75 Å². The van der Waals surface area contributed by atoms with E-state index in [4.69, 9.17) is 34.8 Å². The molecule has 0 radical (unpaired) electrons. The van der Waals surface area contributed by atoms with Gasteiger partial charge < -0.3 is 0 Å². The van der Waals surface area contributed by atoms with Crippen LogP contribution in [0.1, 0.15) is 10.4 Å². The van der Waals surface area contributed by atoms with Gasteiger partial charge in [-0.2, -0.15) is 0 Å². The Labute approximate surface area is 152 Å². The lowest BCUT2D eigenvalue weighted by Crippen LogP contribution is -2.42. The van der Waals surface area contributed by atoms with Crippen molar-refractivity contribution in [2.24, 2.45) is 0 Å². The summed E-state index contributed by atoms with van der Waals surface area (Å²) in [6.07, 6.45) is 0. The minimum atomic E-state index is -0.452. The standard InChI is InChI=1S/C15H11Cl3N2O2S/c16-10-3-1-2-9(6-10)15(22)20-19-14(21)8-23-13-7-11(17)4-5-12(13)18/h1-7H,8H2,(H,19,21)(H,20,22). The second kappa shape index (κ2) is 8.45. The van der Waals surface area contributed by atoms with Gasteiger partial charge in [0.2, 0.25) is 5.91 Å². The van der Waals surface area contributed by atoms with Gasteiger partial charge in [0.15, 0.2) is 0 Å². The molecule has 0 aromatic heterocycles. The molecule has 23 heavy (non-hydrogen) atoms. The van der Waals surface area contributed by atoms with Crippen LogP contribution in [0.15, 0.2) is 47.4 Å². The first-order valence-electron chi connectivity index (χ1n) is 6.38. The fraction of sp³-hybridized carbons (Fsp3) is 0.0667. The fourth-order valence-electron chi connectivity index (χ4n) is 1.60. The van der Waals surface area contributed by atoms with Gasteiger partial charge in [0.25, 0.3) is 5.91 Å². The molecule has 0 spiro atoms. The number of carbonyl (C=O) groups is 2. The lowest BCUT2D eigenvalue weighted by Gasteiger charge is -2.08. The van der Waals surface area contributed by atoms with Crippen molar-refractivity contribution < 1.29 is 9.59 Å². The molecule has 2 aromatic carbocycles. The Morgan fingerprint density at radius 2 is 1.70 bits per heavy atom. The molecule has 2 rings (SSSR count). The first-order valence-corrected chi connectivity index (χ1v) is 8.50. The Balaban J connectivity index is 1.83. The Bertz CT molecular complexity index is 740. The molecule has 0 saturated heterocycles. The molecular formula is C15H11Cl3N2O2S. The van der Waals surface area contributed by atoms with Crippen molar-refractivity contribution >= 4 is 58.4 Å². The Hall–Kier alpha value is -1.40. The number of hydrazine groups is 1. The largest absolute Gasteiger partial charge is 0.272 e. The molecule has 120 valence electrons. The second-order valence-corrected chi connectivity index (χ2v) is 6.67. The number of amides is 2. The summed E-state index contributed by atoms with van der Waals surface area (Å²) in [5, 5.41) is 1.48. The van der Waals surface area contributed by atoms with Gasteiger partial charge in [-0.3, -0.25) is 20.4 Å². The molecule has 4 nitrogen and oxygen atoms in total. The summed E-state index contributed by atoms with van der Waals surface area (Å²) in [5.41, 5.74) is 5.00. The van der Waals surface area contributed by atoms with Crippen LogP contribution in [0.25, 0.3) is 0 Å². The van der Waals surface area contributed by atoms with Crippen molar-refractivity contribution in [1.29, 1.82) is 0 Å². The molecule has 2 aromatic rings. The maximum Gasteiger partial charge on any atom is 0.269 e. The highest BCUT2D eigenvalue weighted by molar-refractivity contribution is 8.00. The van der Waals surface area contributed by atoms with Crippen LogP contribution in [0, 0.1) is 0 Å². The molecule has 0 atom stereocenters. The molecule has 0 bridgehead atoms. The number of rotatable bonds is 4. The third kappa shape index (κ3) is 5.62. The van der Waals surface area contributed by atoms with E-state index in [9.17, 15) is 9.59 Å². The molecule has 0 heterocycles. The van der Waals surface area contributed by atoms with Crippen molar-refractivity contribution in [2.45, 2.75) is 4.90 Å². The normalized spacial score (nSPS) is 10.2. The Morgan fingerprint density at radius 1 is 0.957 bits per heavy atom. The van der Waals surface area contributed by atoms with Gasteiger partial charge >= 0.3 is 0 Å². The number of benzene rings is 2. The van der Waals surface area contributed by atoms with Crippen LogP contribution in [0.2, 0.25) is 15.1 Å². The first kappa shape index (κ1) is 17.9. The third-order valence-corrected chi connectivity index (χ3v) is 4.62. The molecule has 0 saturated carbocycles. The van der Waals surface area contributed by atoms with E-state index in [-0.39, 0.29) is 11.7 Å². The third-order valence-electron chi connectivity index (χ3n) is 2.65. The zero-order valence-electron chi connectivity index (χ0n) is 11.6. The van der Waals surface area contributed by atoms with E-state index in [0.717, 1.165) is 0 Å². The van der Waals surface area contributed by atoms with Crippen molar-refractivity contribution in [3.8, 4) is 0 Å². The number of hydrogen-bond acceptors (Lipinski definition) is 3. The molecule has 2 N–H and O–H groups in total. The molecule has 0 aliphatic heterocycles. The second-order valence-electron chi connectivity index (χ2n) is 4.38.